The molecule has 0 radical (unpaired) electrons. The molecule has 1 aromatic rings. The molecule has 4 nitrogen and oxygen atoms in total. The normalized spacial score (nSPS) is 24.6. The van der Waals surface area contributed by atoms with E-state index in [0.717, 1.165) is 58.4 Å². The van der Waals surface area contributed by atoms with Gasteiger partial charge < -0.3 is 10.6 Å². The second-order valence-electron chi connectivity index (χ2n) is 6.71. The highest BCUT2D eigenvalue weighted by molar-refractivity contribution is 5.85. The molecule has 24 heavy (non-hydrogen) atoms. The summed E-state index contributed by atoms with van der Waals surface area (Å²) in [6, 6.07) is 10.8. The molecule has 2 aliphatic rings. The molecule has 136 valence electrons. The first-order chi connectivity index (χ1) is 10.7. The van der Waals surface area contributed by atoms with E-state index in [1.54, 1.807) is 0 Å². The predicted octanol–water partition coefficient (Wildman–Crippen LogP) is 2.69. The number of nitrogens with two attached hydrogens (primary N) is 1. The molecular formula is C18H29Cl2N3O. The second-order valence-corrected chi connectivity index (χ2v) is 6.71. The van der Waals surface area contributed by atoms with Gasteiger partial charge in [0, 0.05) is 44.7 Å². The van der Waals surface area contributed by atoms with Crippen molar-refractivity contribution in [1.29, 1.82) is 0 Å². The van der Waals surface area contributed by atoms with E-state index in [2.05, 4.69) is 40.1 Å². The Balaban J connectivity index is 0.00000144. The number of rotatable bonds is 3. The summed E-state index contributed by atoms with van der Waals surface area (Å²) in [6.45, 7) is 4.78. The Morgan fingerprint density at radius 3 is 2.46 bits per heavy atom. The van der Waals surface area contributed by atoms with Gasteiger partial charge in [-0.2, -0.15) is 0 Å². The van der Waals surface area contributed by atoms with Gasteiger partial charge in [-0.25, -0.2) is 0 Å². The van der Waals surface area contributed by atoms with Gasteiger partial charge in [0.2, 0.25) is 5.91 Å². The number of hydrogen-bond donors (Lipinski definition) is 1. The highest BCUT2D eigenvalue weighted by atomic mass is 35.5. The van der Waals surface area contributed by atoms with Crippen molar-refractivity contribution in [2.45, 2.75) is 38.3 Å². The summed E-state index contributed by atoms with van der Waals surface area (Å²) in [5.74, 6) is 0.519. The minimum Gasteiger partial charge on any atom is -0.341 e. The van der Waals surface area contributed by atoms with E-state index in [1.807, 2.05) is 0 Å². The third-order valence-electron chi connectivity index (χ3n) is 4.97. The molecule has 2 fully saturated rings. The van der Waals surface area contributed by atoms with Crippen molar-refractivity contribution in [2.75, 3.05) is 26.2 Å². The summed E-state index contributed by atoms with van der Waals surface area (Å²) in [5, 5.41) is 0. The molecule has 1 saturated carbocycles. The van der Waals surface area contributed by atoms with Crippen molar-refractivity contribution in [1.82, 2.24) is 9.80 Å². The van der Waals surface area contributed by atoms with Gasteiger partial charge in [0.15, 0.2) is 0 Å². The van der Waals surface area contributed by atoms with Crippen LogP contribution in [0.25, 0.3) is 0 Å². The number of carbonyl (C=O) groups is 1. The zero-order chi connectivity index (χ0) is 15.4. The first-order valence-electron chi connectivity index (χ1n) is 8.53. The topological polar surface area (TPSA) is 49.6 Å². The quantitative estimate of drug-likeness (QED) is 0.885. The Hall–Kier alpha value is -0.810. The van der Waals surface area contributed by atoms with E-state index in [0.29, 0.717) is 5.91 Å². The van der Waals surface area contributed by atoms with Crippen LogP contribution >= 0.6 is 24.8 Å². The van der Waals surface area contributed by atoms with Gasteiger partial charge in [-0.1, -0.05) is 30.3 Å². The molecule has 1 saturated heterocycles. The van der Waals surface area contributed by atoms with Crippen LogP contribution in [0.5, 0.6) is 0 Å². The Morgan fingerprint density at radius 1 is 1.04 bits per heavy atom. The standard InChI is InChI=1S/C18H27N3O.2ClH/c19-17-8-7-16(13-17)18(22)21-10-4-9-20(11-12-21)14-15-5-2-1-3-6-15;;/h1-3,5-6,16-17H,4,7-14,19H2;2*1H. The highest BCUT2D eigenvalue weighted by Crippen LogP contribution is 2.26. The van der Waals surface area contributed by atoms with Crippen LogP contribution in [0.15, 0.2) is 30.3 Å². The Labute approximate surface area is 157 Å². The van der Waals surface area contributed by atoms with E-state index in [1.165, 1.54) is 5.56 Å². The molecule has 1 aromatic carbocycles. The molecule has 6 heteroatoms. The molecule has 1 amide bonds. The zero-order valence-corrected chi connectivity index (χ0v) is 15.7. The Kier molecular flexibility index (Phi) is 9.06. The van der Waals surface area contributed by atoms with Gasteiger partial charge in [-0.05, 0) is 31.2 Å². The minimum atomic E-state index is 0. The average molecular weight is 374 g/mol. The summed E-state index contributed by atoms with van der Waals surface area (Å²) < 4.78 is 0. The first-order valence-corrected chi connectivity index (χ1v) is 8.53. The van der Waals surface area contributed by atoms with Crippen LogP contribution in [0, 0.1) is 5.92 Å². The molecule has 1 aliphatic heterocycles. The lowest BCUT2D eigenvalue weighted by molar-refractivity contribution is -0.135. The van der Waals surface area contributed by atoms with E-state index in [-0.39, 0.29) is 36.8 Å². The SMILES string of the molecule is Cl.Cl.NC1CCC(C(=O)N2CCCN(Cc3ccccc3)CC2)C1. The lowest BCUT2D eigenvalue weighted by atomic mass is 10.1. The zero-order valence-electron chi connectivity index (χ0n) is 14.1. The minimum absolute atomic E-state index is 0. The lowest BCUT2D eigenvalue weighted by Gasteiger charge is -2.24. The molecule has 0 aromatic heterocycles. The van der Waals surface area contributed by atoms with E-state index in [4.69, 9.17) is 5.73 Å². The number of amides is 1. The summed E-state index contributed by atoms with van der Waals surface area (Å²) in [6.07, 6.45) is 3.93. The first kappa shape index (κ1) is 21.2. The van der Waals surface area contributed by atoms with Crippen molar-refractivity contribution < 1.29 is 4.79 Å². The van der Waals surface area contributed by atoms with Crippen molar-refractivity contribution in [3.63, 3.8) is 0 Å². The van der Waals surface area contributed by atoms with Crippen molar-refractivity contribution in [3.05, 3.63) is 35.9 Å². The average Bonchev–Trinajstić information content (AvgIpc) is 2.83. The van der Waals surface area contributed by atoms with Crippen molar-refractivity contribution in [2.24, 2.45) is 11.7 Å². The number of hydrogen-bond acceptors (Lipinski definition) is 3. The molecule has 2 N–H and O–H groups in total. The van der Waals surface area contributed by atoms with Gasteiger partial charge in [-0.15, -0.1) is 24.8 Å². The Morgan fingerprint density at radius 2 is 1.79 bits per heavy atom. The fourth-order valence-corrected chi connectivity index (χ4v) is 3.69. The molecule has 3 rings (SSSR count). The maximum absolute atomic E-state index is 12.6. The van der Waals surface area contributed by atoms with Gasteiger partial charge in [0.05, 0.1) is 0 Å². The van der Waals surface area contributed by atoms with Gasteiger partial charge in [0.25, 0.3) is 0 Å². The maximum Gasteiger partial charge on any atom is 0.225 e. The van der Waals surface area contributed by atoms with Crippen molar-refractivity contribution in [3.8, 4) is 0 Å². The molecule has 0 spiro atoms. The molecule has 0 bridgehead atoms. The highest BCUT2D eigenvalue weighted by Gasteiger charge is 2.31. The fraction of sp³-hybridized carbons (Fsp3) is 0.611. The number of benzene rings is 1. The maximum atomic E-state index is 12.6. The molecular weight excluding hydrogens is 345 g/mol. The number of nitrogens with zero attached hydrogens (tertiary/aromatic N) is 2. The van der Waals surface area contributed by atoms with Gasteiger partial charge >= 0.3 is 0 Å². The Bertz CT molecular complexity index is 500. The van der Waals surface area contributed by atoms with Crippen LogP contribution in [0.3, 0.4) is 0 Å². The summed E-state index contributed by atoms with van der Waals surface area (Å²) in [4.78, 5) is 17.2. The molecule has 1 aliphatic carbocycles. The molecule has 2 atom stereocenters. The van der Waals surface area contributed by atoms with Crippen LogP contribution in [0.1, 0.15) is 31.2 Å². The number of carbonyl (C=O) groups excluding carboxylic acids is 1. The van der Waals surface area contributed by atoms with Crippen LogP contribution in [0.2, 0.25) is 0 Å². The monoisotopic (exact) mass is 373 g/mol. The second kappa shape index (κ2) is 10.2. The molecule has 1 heterocycles. The lowest BCUT2D eigenvalue weighted by Crippen LogP contribution is -2.38. The molecule has 2 unspecified atom stereocenters. The van der Waals surface area contributed by atoms with Crippen molar-refractivity contribution >= 4 is 30.7 Å². The third kappa shape index (κ3) is 5.62. The van der Waals surface area contributed by atoms with E-state index < -0.39 is 0 Å². The largest absolute Gasteiger partial charge is 0.341 e. The summed E-state index contributed by atoms with van der Waals surface area (Å²) in [7, 11) is 0. The van der Waals surface area contributed by atoms with E-state index in [9.17, 15) is 4.79 Å². The third-order valence-corrected chi connectivity index (χ3v) is 4.97. The van der Waals surface area contributed by atoms with Gasteiger partial charge in [-0.3, -0.25) is 9.69 Å². The van der Waals surface area contributed by atoms with Crippen LogP contribution in [-0.2, 0) is 11.3 Å². The van der Waals surface area contributed by atoms with Crippen LogP contribution in [-0.4, -0.2) is 47.9 Å². The van der Waals surface area contributed by atoms with Crippen LogP contribution < -0.4 is 5.73 Å². The number of halogens is 2. The van der Waals surface area contributed by atoms with E-state index >= 15 is 0 Å². The summed E-state index contributed by atoms with van der Waals surface area (Å²) >= 11 is 0. The van der Waals surface area contributed by atoms with Gasteiger partial charge in [0.1, 0.15) is 0 Å². The van der Waals surface area contributed by atoms with Crippen LogP contribution in [0.4, 0.5) is 0 Å². The summed E-state index contributed by atoms with van der Waals surface area (Å²) in [5.41, 5.74) is 7.30. The fourth-order valence-electron chi connectivity index (χ4n) is 3.69. The smallest absolute Gasteiger partial charge is 0.225 e. The predicted molar refractivity (Wildman–Crippen MR) is 103 cm³/mol.